The maximum absolute atomic E-state index is 12.6. The maximum atomic E-state index is 12.6. The lowest BCUT2D eigenvalue weighted by atomic mass is 10.3. The molecule has 0 spiro atoms. The largest absolute Gasteiger partial charge is 0.454 e. The lowest BCUT2D eigenvalue weighted by Crippen LogP contribution is -2.13. The van der Waals surface area contributed by atoms with Crippen LogP contribution in [-0.4, -0.2) is 30.0 Å². The summed E-state index contributed by atoms with van der Waals surface area (Å²) in [5.74, 6) is 1.10. The van der Waals surface area contributed by atoms with Gasteiger partial charge in [-0.15, -0.1) is 0 Å². The summed E-state index contributed by atoms with van der Waals surface area (Å²) in [5.41, 5.74) is 1.75. The van der Waals surface area contributed by atoms with E-state index in [2.05, 4.69) is 14.8 Å². The van der Waals surface area contributed by atoms with Gasteiger partial charge in [0, 0.05) is 24.7 Å². The fraction of sp³-hybridized carbons (Fsp3) is 0.200. The first-order valence-corrected chi connectivity index (χ1v) is 8.64. The predicted molar refractivity (Wildman–Crippen MR) is 86.6 cm³/mol. The molecule has 3 aromatic rings. The molecule has 0 amide bonds. The number of anilines is 1. The fourth-order valence-corrected chi connectivity index (χ4v) is 3.63. The Balaban J connectivity index is 1.71. The highest BCUT2D eigenvalue weighted by molar-refractivity contribution is 7.92. The second kappa shape index (κ2) is 5.10. The van der Waals surface area contributed by atoms with E-state index >= 15 is 0 Å². The molecule has 0 atom stereocenters. The Morgan fingerprint density at radius 3 is 2.83 bits per heavy atom. The van der Waals surface area contributed by atoms with Crippen LogP contribution in [-0.2, 0) is 17.1 Å². The summed E-state index contributed by atoms with van der Waals surface area (Å²) < 4.78 is 39.8. The predicted octanol–water partition coefficient (Wildman–Crippen LogP) is 1.81. The van der Waals surface area contributed by atoms with E-state index in [4.69, 9.17) is 9.47 Å². The number of nitrogens with zero attached hydrogens (tertiary/aromatic N) is 3. The van der Waals surface area contributed by atoms with Crippen LogP contribution in [0.4, 0.5) is 5.69 Å². The number of hydrogen-bond donors (Lipinski definition) is 1. The highest BCUT2D eigenvalue weighted by Gasteiger charge is 2.20. The van der Waals surface area contributed by atoms with E-state index in [1.165, 1.54) is 6.20 Å². The quantitative estimate of drug-likeness (QED) is 0.777. The van der Waals surface area contributed by atoms with Gasteiger partial charge in [0.2, 0.25) is 6.79 Å². The summed E-state index contributed by atoms with van der Waals surface area (Å²) in [6.45, 7) is 1.94. The van der Waals surface area contributed by atoms with E-state index < -0.39 is 10.0 Å². The average Bonchev–Trinajstić information content (AvgIpc) is 3.11. The van der Waals surface area contributed by atoms with E-state index in [0.29, 0.717) is 28.2 Å². The SMILES string of the molecule is Cc1nn(C)c2ncc(S(=O)(=O)Nc3ccc4c(c3)OCO4)cc12. The van der Waals surface area contributed by atoms with Crippen LogP contribution in [0.2, 0.25) is 0 Å². The summed E-state index contributed by atoms with van der Waals surface area (Å²) in [5, 5.41) is 4.95. The van der Waals surface area contributed by atoms with Gasteiger partial charge in [0.05, 0.1) is 11.4 Å². The maximum Gasteiger partial charge on any atom is 0.263 e. The number of hydrogen-bond acceptors (Lipinski definition) is 6. The third-order valence-corrected chi connectivity index (χ3v) is 5.12. The molecule has 1 aliphatic heterocycles. The van der Waals surface area contributed by atoms with Crippen LogP contribution in [0.15, 0.2) is 35.4 Å². The number of benzene rings is 1. The van der Waals surface area contributed by atoms with Crippen molar-refractivity contribution in [2.75, 3.05) is 11.5 Å². The summed E-state index contributed by atoms with van der Waals surface area (Å²) in [7, 11) is -2.01. The van der Waals surface area contributed by atoms with Gasteiger partial charge in [-0.1, -0.05) is 0 Å². The van der Waals surface area contributed by atoms with Crippen molar-refractivity contribution in [3.05, 3.63) is 36.2 Å². The first kappa shape index (κ1) is 14.8. The molecule has 9 heteroatoms. The highest BCUT2D eigenvalue weighted by Crippen LogP contribution is 2.34. The molecule has 0 saturated heterocycles. The molecule has 0 fully saturated rings. The second-order valence-electron chi connectivity index (χ2n) is 5.42. The second-order valence-corrected chi connectivity index (χ2v) is 7.11. The van der Waals surface area contributed by atoms with E-state index in [1.807, 2.05) is 6.92 Å². The Kier molecular flexibility index (Phi) is 3.14. The van der Waals surface area contributed by atoms with Gasteiger partial charge in [-0.3, -0.25) is 9.40 Å². The Hall–Kier alpha value is -2.81. The summed E-state index contributed by atoms with van der Waals surface area (Å²) >= 11 is 0. The molecule has 0 bridgehead atoms. The molecule has 124 valence electrons. The minimum Gasteiger partial charge on any atom is -0.454 e. The molecule has 4 rings (SSSR count). The van der Waals surface area contributed by atoms with Crippen molar-refractivity contribution in [2.24, 2.45) is 7.05 Å². The van der Waals surface area contributed by atoms with Crippen LogP contribution in [0, 0.1) is 6.92 Å². The minimum atomic E-state index is -3.78. The molecule has 1 N–H and O–H groups in total. The Morgan fingerprint density at radius 1 is 1.21 bits per heavy atom. The monoisotopic (exact) mass is 346 g/mol. The van der Waals surface area contributed by atoms with E-state index in [9.17, 15) is 8.42 Å². The number of rotatable bonds is 3. The first-order chi connectivity index (χ1) is 11.4. The van der Waals surface area contributed by atoms with Gasteiger partial charge in [-0.25, -0.2) is 13.4 Å². The molecule has 2 aromatic heterocycles. The molecule has 1 aliphatic rings. The van der Waals surface area contributed by atoms with Crippen molar-refractivity contribution >= 4 is 26.7 Å². The summed E-state index contributed by atoms with van der Waals surface area (Å²) in [4.78, 5) is 4.28. The van der Waals surface area contributed by atoms with Crippen LogP contribution in [0.3, 0.4) is 0 Å². The zero-order chi connectivity index (χ0) is 16.9. The highest BCUT2D eigenvalue weighted by atomic mass is 32.2. The van der Waals surface area contributed by atoms with Gasteiger partial charge < -0.3 is 9.47 Å². The zero-order valence-electron chi connectivity index (χ0n) is 13.0. The number of sulfonamides is 1. The van der Waals surface area contributed by atoms with Crippen molar-refractivity contribution < 1.29 is 17.9 Å². The van der Waals surface area contributed by atoms with E-state index in [-0.39, 0.29) is 11.7 Å². The van der Waals surface area contributed by atoms with Gasteiger partial charge in [-0.2, -0.15) is 5.10 Å². The first-order valence-electron chi connectivity index (χ1n) is 7.16. The van der Waals surface area contributed by atoms with E-state index in [1.54, 1.807) is 36.0 Å². The van der Waals surface area contributed by atoms with Crippen molar-refractivity contribution in [3.63, 3.8) is 0 Å². The number of aryl methyl sites for hydroxylation is 2. The van der Waals surface area contributed by atoms with Crippen LogP contribution in [0.5, 0.6) is 11.5 Å². The normalized spacial score (nSPS) is 13.4. The molecule has 3 heterocycles. The molecule has 0 saturated carbocycles. The summed E-state index contributed by atoms with van der Waals surface area (Å²) in [6.07, 6.45) is 1.32. The van der Waals surface area contributed by atoms with Crippen LogP contribution >= 0.6 is 0 Å². The minimum absolute atomic E-state index is 0.0729. The molecule has 24 heavy (non-hydrogen) atoms. The molecule has 1 aromatic carbocycles. The summed E-state index contributed by atoms with van der Waals surface area (Å²) in [6, 6.07) is 6.43. The lowest BCUT2D eigenvalue weighted by molar-refractivity contribution is 0.174. The zero-order valence-corrected chi connectivity index (χ0v) is 13.8. The number of fused-ring (bicyclic) bond motifs is 2. The number of aromatic nitrogens is 3. The van der Waals surface area contributed by atoms with Gasteiger partial charge in [-0.05, 0) is 25.1 Å². The topological polar surface area (TPSA) is 95.3 Å². The molecule has 0 aliphatic carbocycles. The van der Waals surface area contributed by atoms with Crippen molar-refractivity contribution in [1.82, 2.24) is 14.8 Å². The fourth-order valence-electron chi connectivity index (χ4n) is 2.61. The van der Waals surface area contributed by atoms with Gasteiger partial charge >= 0.3 is 0 Å². The Bertz CT molecular complexity index is 1060. The number of pyridine rings is 1. The molecule has 8 nitrogen and oxygen atoms in total. The van der Waals surface area contributed by atoms with Gasteiger partial charge in [0.1, 0.15) is 4.90 Å². The van der Waals surface area contributed by atoms with Gasteiger partial charge in [0.25, 0.3) is 10.0 Å². The molecule has 0 unspecified atom stereocenters. The van der Waals surface area contributed by atoms with Crippen LogP contribution in [0.1, 0.15) is 5.69 Å². The Morgan fingerprint density at radius 2 is 2.00 bits per heavy atom. The third kappa shape index (κ3) is 2.33. The average molecular weight is 346 g/mol. The third-order valence-electron chi connectivity index (χ3n) is 3.77. The van der Waals surface area contributed by atoms with Crippen molar-refractivity contribution in [2.45, 2.75) is 11.8 Å². The van der Waals surface area contributed by atoms with Gasteiger partial charge in [0.15, 0.2) is 17.1 Å². The smallest absolute Gasteiger partial charge is 0.263 e. The van der Waals surface area contributed by atoms with Crippen LogP contribution in [0.25, 0.3) is 11.0 Å². The van der Waals surface area contributed by atoms with Crippen LogP contribution < -0.4 is 14.2 Å². The number of nitrogens with one attached hydrogen (secondary N) is 1. The Labute approximate surface area is 138 Å². The number of ether oxygens (including phenoxy) is 2. The van der Waals surface area contributed by atoms with Crippen molar-refractivity contribution in [1.29, 1.82) is 0 Å². The van der Waals surface area contributed by atoms with E-state index in [0.717, 1.165) is 5.69 Å². The molecular formula is C15H14N4O4S. The van der Waals surface area contributed by atoms with Crippen molar-refractivity contribution in [3.8, 4) is 11.5 Å². The molecular weight excluding hydrogens is 332 g/mol. The molecule has 0 radical (unpaired) electrons. The lowest BCUT2D eigenvalue weighted by Gasteiger charge is -2.08. The standard InChI is InChI=1S/C15H14N4O4S/c1-9-12-6-11(7-16-15(12)19(2)17-9)24(20,21)18-10-3-4-13-14(5-10)23-8-22-13/h3-7,18H,8H2,1-2H3.